The Bertz CT molecular complexity index is 622. The monoisotopic (exact) mass is 251 g/mol. The van der Waals surface area contributed by atoms with Gasteiger partial charge in [-0.2, -0.15) is 0 Å². The topological polar surface area (TPSA) is 12.5 Å². The Hall–Kier alpha value is -1.80. The normalized spacial score (nSPS) is 24.9. The Morgan fingerprint density at radius 1 is 1.00 bits per heavy atom. The first-order chi connectivity index (χ1) is 9.34. The maximum atomic E-state index is 5.94. The fourth-order valence-electron chi connectivity index (χ4n) is 3.47. The predicted octanol–water partition coefficient (Wildman–Crippen LogP) is 3.02. The van der Waals surface area contributed by atoms with Crippen molar-refractivity contribution in [2.24, 2.45) is 0 Å². The molecule has 2 nitrogen and oxygen atoms in total. The van der Waals surface area contributed by atoms with Crippen molar-refractivity contribution in [3.05, 3.63) is 65.2 Å². The highest BCUT2D eigenvalue weighted by Crippen LogP contribution is 2.43. The van der Waals surface area contributed by atoms with E-state index in [1.54, 1.807) is 0 Å². The molecular formula is C17H17NO. The van der Waals surface area contributed by atoms with E-state index in [1.165, 1.54) is 16.7 Å². The second-order valence-electron chi connectivity index (χ2n) is 5.51. The van der Waals surface area contributed by atoms with Crippen molar-refractivity contribution < 1.29 is 4.74 Å². The molecule has 0 amide bonds. The fourth-order valence-corrected chi connectivity index (χ4v) is 3.47. The van der Waals surface area contributed by atoms with Gasteiger partial charge in [0.2, 0.25) is 0 Å². The van der Waals surface area contributed by atoms with Gasteiger partial charge in [-0.25, -0.2) is 0 Å². The molecule has 0 aromatic heterocycles. The summed E-state index contributed by atoms with van der Waals surface area (Å²) in [4.78, 5) is 2.42. The molecule has 2 heteroatoms. The summed E-state index contributed by atoms with van der Waals surface area (Å²) in [5.74, 6) is 1.49. The van der Waals surface area contributed by atoms with Crippen LogP contribution in [0.3, 0.4) is 0 Å². The zero-order valence-electron chi connectivity index (χ0n) is 11.0. The zero-order chi connectivity index (χ0) is 12.8. The SMILES string of the molecule is CN1Cc2ccccc2[C@H]2c3ccccc3OC[C@H]21. The van der Waals surface area contributed by atoms with Crippen molar-refractivity contribution in [1.82, 2.24) is 4.90 Å². The third-order valence-electron chi connectivity index (χ3n) is 4.42. The Labute approximate surface area is 113 Å². The molecule has 0 aliphatic carbocycles. The second kappa shape index (κ2) is 4.10. The lowest BCUT2D eigenvalue weighted by molar-refractivity contribution is 0.112. The number of rotatable bonds is 0. The summed E-state index contributed by atoms with van der Waals surface area (Å²) in [7, 11) is 2.20. The summed E-state index contributed by atoms with van der Waals surface area (Å²) in [6, 6.07) is 17.7. The number of hydrogen-bond donors (Lipinski definition) is 0. The minimum atomic E-state index is 0.444. The molecule has 0 radical (unpaired) electrons. The van der Waals surface area contributed by atoms with Gasteiger partial charge in [0.15, 0.2) is 0 Å². The minimum Gasteiger partial charge on any atom is -0.492 e. The number of para-hydroxylation sites is 1. The summed E-state index contributed by atoms with van der Waals surface area (Å²) < 4.78 is 5.94. The third-order valence-corrected chi connectivity index (χ3v) is 4.42. The van der Waals surface area contributed by atoms with Crippen LogP contribution in [-0.4, -0.2) is 24.6 Å². The van der Waals surface area contributed by atoms with E-state index >= 15 is 0 Å². The molecule has 0 spiro atoms. The average molecular weight is 251 g/mol. The van der Waals surface area contributed by atoms with Crippen LogP contribution in [0.2, 0.25) is 0 Å². The van der Waals surface area contributed by atoms with Crippen LogP contribution >= 0.6 is 0 Å². The molecule has 19 heavy (non-hydrogen) atoms. The number of nitrogens with zero attached hydrogens (tertiary/aromatic N) is 1. The van der Waals surface area contributed by atoms with E-state index in [0.717, 1.165) is 18.9 Å². The molecule has 2 aliphatic heterocycles. The summed E-state index contributed by atoms with van der Waals surface area (Å²) in [6.07, 6.45) is 0. The van der Waals surface area contributed by atoms with Crippen molar-refractivity contribution in [3.8, 4) is 5.75 Å². The molecule has 0 N–H and O–H groups in total. The maximum Gasteiger partial charge on any atom is 0.123 e. The van der Waals surface area contributed by atoms with Crippen LogP contribution in [0.4, 0.5) is 0 Å². The second-order valence-corrected chi connectivity index (χ2v) is 5.51. The van der Waals surface area contributed by atoms with Crippen molar-refractivity contribution in [1.29, 1.82) is 0 Å². The molecule has 0 unspecified atom stereocenters. The number of ether oxygens (including phenoxy) is 1. The molecule has 0 fully saturated rings. The highest BCUT2D eigenvalue weighted by molar-refractivity contribution is 5.48. The zero-order valence-corrected chi connectivity index (χ0v) is 11.0. The minimum absolute atomic E-state index is 0.444. The molecule has 0 saturated carbocycles. The van der Waals surface area contributed by atoms with Crippen molar-refractivity contribution >= 4 is 0 Å². The molecule has 2 atom stereocenters. The van der Waals surface area contributed by atoms with E-state index in [1.807, 2.05) is 0 Å². The molecule has 2 aromatic rings. The predicted molar refractivity (Wildman–Crippen MR) is 75.5 cm³/mol. The summed E-state index contributed by atoms with van der Waals surface area (Å²) in [5, 5.41) is 0. The van der Waals surface area contributed by atoms with E-state index in [4.69, 9.17) is 4.74 Å². The van der Waals surface area contributed by atoms with Gasteiger partial charge < -0.3 is 4.74 Å². The van der Waals surface area contributed by atoms with E-state index in [9.17, 15) is 0 Å². The third kappa shape index (κ3) is 1.60. The van der Waals surface area contributed by atoms with Gasteiger partial charge in [0.1, 0.15) is 12.4 Å². The van der Waals surface area contributed by atoms with Crippen LogP contribution in [0.5, 0.6) is 5.75 Å². The average Bonchev–Trinajstić information content (AvgIpc) is 2.47. The Morgan fingerprint density at radius 2 is 1.74 bits per heavy atom. The van der Waals surface area contributed by atoms with Crippen LogP contribution in [0.15, 0.2) is 48.5 Å². The molecule has 2 aromatic carbocycles. The largest absolute Gasteiger partial charge is 0.492 e. The fraction of sp³-hybridized carbons (Fsp3) is 0.294. The highest BCUT2D eigenvalue weighted by Gasteiger charge is 2.38. The van der Waals surface area contributed by atoms with Crippen molar-refractivity contribution in [3.63, 3.8) is 0 Å². The number of benzene rings is 2. The van der Waals surface area contributed by atoms with Gasteiger partial charge in [-0.3, -0.25) is 4.90 Å². The van der Waals surface area contributed by atoms with Gasteiger partial charge >= 0.3 is 0 Å². The molecule has 2 aliphatic rings. The quantitative estimate of drug-likeness (QED) is 0.713. The van der Waals surface area contributed by atoms with Gasteiger partial charge in [-0.1, -0.05) is 42.5 Å². The lowest BCUT2D eigenvalue weighted by Crippen LogP contribution is -2.47. The Kier molecular flexibility index (Phi) is 2.39. The molecular weight excluding hydrogens is 234 g/mol. The summed E-state index contributed by atoms with van der Waals surface area (Å²) in [6.45, 7) is 1.80. The van der Waals surface area contributed by atoms with E-state index in [0.29, 0.717) is 12.0 Å². The van der Waals surface area contributed by atoms with Gasteiger partial charge in [0.25, 0.3) is 0 Å². The van der Waals surface area contributed by atoms with Crippen LogP contribution in [0.1, 0.15) is 22.6 Å². The smallest absolute Gasteiger partial charge is 0.123 e. The lowest BCUT2D eigenvalue weighted by atomic mass is 9.78. The molecule has 0 saturated heterocycles. The van der Waals surface area contributed by atoms with Crippen LogP contribution in [0.25, 0.3) is 0 Å². The lowest BCUT2D eigenvalue weighted by Gasteiger charge is -2.43. The number of hydrogen-bond acceptors (Lipinski definition) is 2. The van der Waals surface area contributed by atoms with Crippen molar-refractivity contribution in [2.75, 3.05) is 13.7 Å². The Morgan fingerprint density at radius 3 is 2.63 bits per heavy atom. The first-order valence-electron chi connectivity index (χ1n) is 6.84. The molecule has 0 bridgehead atoms. The van der Waals surface area contributed by atoms with Gasteiger partial charge in [0, 0.05) is 18.0 Å². The number of fused-ring (bicyclic) bond motifs is 5. The van der Waals surface area contributed by atoms with Crippen molar-refractivity contribution in [2.45, 2.75) is 18.5 Å². The summed E-state index contributed by atoms with van der Waals surface area (Å²) in [5.41, 5.74) is 4.25. The van der Waals surface area contributed by atoms with E-state index < -0.39 is 0 Å². The molecule has 2 heterocycles. The van der Waals surface area contributed by atoms with E-state index in [2.05, 4.69) is 60.5 Å². The van der Waals surface area contributed by atoms with Gasteiger partial charge in [0.05, 0.1) is 6.04 Å². The van der Waals surface area contributed by atoms with E-state index in [-0.39, 0.29) is 0 Å². The Balaban J connectivity index is 1.93. The van der Waals surface area contributed by atoms with Crippen LogP contribution < -0.4 is 4.74 Å². The first-order valence-corrected chi connectivity index (χ1v) is 6.84. The highest BCUT2D eigenvalue weighted by atomic mass is 16.5. The summed E-state index contributed by atoms with van der Waals surface area (Å²) >= 11 is 0. The van der Waals surface area contributed by atoms with Crippen LogP contribution in [-0.2, 0) is 6.54 Å². The first kappa shape index (κ1) is 11.1. The molecule has 96 valence electrons. The van der Waals surface area contributed by atoms with Crippen LogP contribution in [0, 0.1) is 0 Å². The van der Waals surface area contributed by atoms with Gasteiger partial charge in [-0.15, -0.1) is 0 Å². The maximum absolute atomic E-state index is 5.94. The number of likely N-dealkylation sites (N-methyl/N-ethyl adjacent to an activating group) is 1. The standard InChI is InChI=1S/C17H17NO/c1-18-10-12-6-2-3-7-13(12)17-14-8-4-5-9-16(14)19-11-15(17)18/h2-9,15,17H,10-11H2,1H3/t15-,17+/m1/s1. The van der Waals surface area contributed by atoms with Gasteiger partial charge in [-0.05, 0) is 24.2 Å². The molecule has 4 rings (SSSR count).